The summed E-state index contributed by atoms with van der Waals surface area (Å²) < 4.78 is 52.6. The highest BCUT2D eigenvalue weighted by atomic mass is 19.4. The zero-order valence-electron chi connectivity index (χ0n) is 18.1. The van der Waals surface area contributed by atoms with Gasteiger partial charge in [0, 0.05) is 29.9 Å². The molecule has 0 bridgehead atoms. The average Bonchev–Trinajstić information content (AvgIpc) is 2.88. The van der Waals surface area contributed by atoms with Crippen LogP contribution in [0.25, 0.3) is 0 Å². The predicted octanol–water partition coefficient (Wildman–Crippen LogP) is 3.20. The average molecular weight is 478 g/mol. The number of alkyl halides is 3. The van der Waals surface area contributed by atoms with Gasteiger partial charge in [-0.05, 0) is 25.5 Å². The quantitative estimate of drug-likeness (QED) is 0.531. The van der Waals surface area contributed by atoms with Crippen molar-refractivity contribution < 1.29 is 31.9 Å². The summed E-state index contributed by atoms with van der Waals surface area (Å²) in [5.74, 6) is -5.01. The molecule has 0 aliphatic carbocycles. The van der Waals surface area contributed by atoms with Gasteiger partial charge in [0.25, 0.3) is 5.91 Å². The number of amides is 3. The Hall–Kier alpha value is -3.76. The van der Waals surface area contributed by atoms with Crippen molar-refractivity contribution in [2.45, 2.75) is 38.5 Å². The molecular formula is C23H22F4N4O3. The van der Waals surface area contributed by atoms with Crippen LogP contribution in [0.5, 0.6) is 0 Å². The highest BCUT2D eigenvalue weighted by Gasteiger charge is 2.34. The molecule has 3 rings (SSSR count). The van der Waals surface area contributed by atoms with Crippen LogP contribution in [0.2, 0.25) is 0 Å². The zero-order chi connectivity index (χ0) is 25.0. The highest BCUT2D eigenvalue weighted by Crippen LogP contribution is 2.28. The van der Waals surface area contributed by atoms with E-state index < -0.39 is 61.1 Å². The lowest BCUT2D eigenvalue weighted by Gasteiger charge is -2.19. The Labute approximate surface area is 192 Å². The molecule has 0 aromatic heterocycles. The number of carbonyl (C=O) groups is 3. The predicted molar refractivity (Wildman–Crippen MR) is 116 cm³/mol. The number of halogens is 4. The van der Waals surface area contributed by atoms with E-state index in [9.17, 15) is 31.9 Å². The van der Waals surface area contributed by atoms with Crippen molar-refractivity contribution in [2.24, 2.45) is 16.6 Å². The fourth-order valence-electron chi connectivity index (χ4n) is 3.58. The third-order valence-electron chi connectivity index (χ3n) is 5.19. The number of para-hydroxylation sites is 1. The van der Waals surface area contributed by atoms with Crippen molar-refractivity contribution in [1.29, 1.82) is 0 Å². The topological polar surface area (TPSA) is 114 Å². The fourth-order valence-corrected chi connectivity index (χ4v) is 3.58. The molecule has 0 spiro atoms. The van der Waals surface area contributed by atoms with Crippen molar-refractivity contribution in [3.05, 3.63) is 65.0 Å². The van der Waals surface area contributed by atoms with Gasteiger partial charge >= 0.3 is 6.18 Å². The van der Waals surface area contributed by atoms with E-state index in [0.717, 1.165) is 11.6 Å². The van der Waals surface area contributed by atoms with E-state index >= 15 is 0 Å². The molecule has 2 unspecified atom stereocenters. The van der Waals surface area contributed by atoms with Crippen LogP contribution in [-0.4, -0.2) is 35.8 Å². The minimum Gasteiger partial charge on any atom is -0.370 e. The number of aryl methyl sites for hydroxylation is 1. The molecule has 1 aliphatic rings. The summed E-state index contributed by atoms with van der Waals surface area (Å²) in [6.45, 7) is 1.82. The van der Waals surface area contributed by atoms with Crippen molar-refractivity contribution in [2.75, 3.05) is 5.32 Å². The van der Waals surface area contributed by atoms with Crippen LogP contribution in [0.4, 0.5) is 23.2 Å². The molecule has 4 N–H and O–H groups in total. The number of hydrogen-bond donors (Lipinski definition) is 3. The maximum absolute atomic E-state index is 14.6. The second-order valence-corrected chi connectivity index (χ2v) is 7.93. The van der Waals surface area contributed by atoms with Crippen LogP contribution in [-0.2, 0) is 14.4 Å². The molecule has 0 radical (unpaired) electrons. The summed E-state index contributed by atoms with van der Waals surface area (Å²) in [6, 6.07) is 11.1. The van der Waals surface area contributed by atoms with Gasteiger partial charge in [-0.2, -0.15) is 13.2 Å². The molecule has 0 fully saturated rings. The Kier molecular flexibility index (Phi) is 7.33. The highest BCUT2D eigenvalue weighted by molar-refractivity contribution is 6.20. The molecular weight excluding hydrogens is 456 g/mol. The van der Waals surface area contributed by atoms with Crippen molar-refractivity contribution >= 4 is 29.1 Å². The lowest BCUT2D eigenvalue weighted by Crippen LogP contribution is -2.45. The molecule has 2 aromatic carbocycles. The Bertz CT molecular complexity index is 1150. The monoisotopic (exact) mass is 478 g/mol. The van der Waals surface area contributed by atoms with Crippen LogP contribution in [0.15, 0.2) is 47.5 Å². The standard InChI is InChI=1S/C23H22F4N4O3/c1-12-4-2-5-13(10-12)18-15-6-3-7-16(24)19(15)30-22(34)20(29-18)31-21(33)14(11-17(28)32)8-9-23(25,26)27/h2-7,10,14,20H,8-9,11H2,1H3,(H2,28,32)(H,30,34)(H,31,33). The van der Waals surface area contributed by atoms with Crippen LogP contribution in [0.1, 0.15) is 36.0 Å². The number of benzene rings is 2. The van der Waals surface area contributed by atoms with E-state index in [2.05, 4.69) is 15.6 Å². The first-order valence-electron chi connectivity index (χ1n) is 10.3. The number of nitrogens with zero attached hydrogens (tertiary/aromatic N) is 1. The molecule has 11 heteroatoms. The summed E-state index contributed by atoms with van der Waals surface area (Å²) in [6.07, 6.45) is -8.79. The number of carbonyl (C=O) groups excluding carboxylic acids is 3. The summed E-state index contributed by atoms with van der Waals surface area (Å²) in [4.78, 5) is 41.2. The third-order valence-corrected chi connectivity index (χ3v) is 5.19. The number of anilines is 1. The third kappa shape index (κ3) is 6.18. The number of benzodiazepines with no additional fused rings is 1. The summed E-state index contributed by atoms with van der Waals surface area (Å²) in [5.41, 5.74) is 6.81. The van der Waals surface area contributed by atoms with Gasteiger partial charge in [-0.25, -0.2) is 9.38 Å². The largest absolute Gasteiger partial charge is 0.389 e. The first kappa shape index (κ1) is 24.9. The summed E-state index contributed by atoms with van der Waals surface area (Å²) in [7, 11) is 0. The first-order chi connectivity index (χ1) is 15.9. The molecule has 0 saturated heterocycles. The Morgan fingerprint density at radius 3 is 2.56 bits per heavy atom. The maximum atomic E-state index is 14.6. The fraction of sp³-hybridized carbons (Fsp3) is 0.304. The van der Waals surface area contributed by atoms with E-state index in [-0.39, 0.29) is 17.0 Å². The molecule has 2 atom stereocenters. The number of hydrogen-bond acceptors (Lipinski definition) is 4. The lowest BCUT2D eigenvalue weighted by molar-refractivity contribution is -0.143. The van der Waals surface area contributed by atoms with E-state index in [4.69, 9.17) is 5.73 Å². The molecule has 180 valence electrons. The SMILES string of the molecule is Cc1cccc(C2=NC(NC(=O)C(CCC(F)(F)F)CC(N)=O)C(=O)Nc3c(F)cccc32)c1. The number of rotatable bonds is 7. The molecule has 3 amide bonds. The van der Waals surface area contributed by atoms with Gasteiger partial charge < -0.3 is 16.4 Å². The number of primary amides is 1. The van der Waals surface area contributed by atoms with Gasteiger partial charge in [0.15, 0.2) is 0 Å². The van der Waals surface area contributed by atoms with E-state index in [1.165, 1.54) is 6.07 Å². The van der Waals surface area contributed by atoms with Gasteiger partial charge in [-0.15, -0.1) is 0 Å². The van der Waals surface area contributed by atoms with Crippen molar-refractivity contribution in [1.82, 2.24) is 5.32 Å². The molecule has 0 saturated carbocycles. The van der Waals surface area contributed by atoms with Crippen LogP contribution in [0, 0.1) is 18.7 Å². The van der Waals surface area contributed by atoms with Gasteiger partial charge in [-0.3, -0.25) is 14.4 Å². The van der Waals surface area contributed by atoms with Gasteiger partial charge in [0.05, 0.1) is 11.4 Å². The number of nitrogens with one attached hydrogen (secondary N) is 2. The van der Waals surface area contributed by atoms with Crippen molar-refractivity contribution in [3.63, 3.8) is 0 Å². The molecule has 7 nitrogen and oxygen atoms in total. The molecule has 1 aliphatic heterocycles. The van der Waals surface area contributed by atoms with E-state index in [1.54, 1.807) is 24.3 Å². The van der Waals surface area contributed by atoms with Gasteiger partial charge in [-0.1, -0.05) is 35.9 Å². The van der Waals surface area contributed by atoms with Crippen LogP contribution < -0.4 is 16.4 Å². The smallest absolute Gasteiger partial charge is 0.370 e. The van der Waals surface area contributed by atoms with Gasteiger partial charge in [0.2, 0.25) is 18.0 Å². The minimum absolute atomic E-state index is 0.143. The Morgan fingerprint density at radius 1 is 1.21 bits per heavy atom. The Morgan fingerprint density at radius 2 is 1.91 bits per heavy atom. The second kappa shape index (κ2) is 10.0. The van der Waals surface area contributed by atoms with E-state index in [0.29, 0.717) is 5.56 Å². The minimum atomic E-state index is -4.55. The Balaban J connectivity index is 1.98. The van der Waals surface area contributed by atoms with Crippen LogP contribution in [0.3, 0.4) is 0 Å². The van der Waals surface area contributed by atoms with Gasteiger partial charge in [0.1, 0.15) is 5.82 Å². The second-order valence-electron chi connectivity index (χ2n) is 7.93. The maximum Gasteiger partial charge on any atom is 0.389 e. The molecule has 34 heavy (non-hydrogen) atoms. The number of fused-ring (bicyclic) bond motifs is 1. The van der Waals surface area contributed by atoms with Crippen LogP contribution >= 0.6 is 0 Å². The number of nitrogens with two attached hydrogens (primary N) is 1. The lowest BCUT2D eigenvalue weighted by atomic mass is 9.97. The summed E-state index contributed by atoms with van der Waals surface area (Å²) >= 11 is 0. The summed E-state index contributed by atoms with van der Waals surface area (Å²) in [5, 5.41) is 4.66. The molecule has 2 aromatic rings. The van der Waals surface area contributed by atoms with E-state index in [1.807, 2.05) is 13.0 Å². The normalized spacial score (nSPS) is 16.6. The molecule has 1 heterocycles. The van der Waals surface area contributed by atoms with Crippen molar-refractivity contribution in [3.8, 4) is 0 Å². The zero-order valence-corrected chi connectivity index (χ0v) is 18.1. The first-order valence-corrected chi connectivity index (χ1v) is 10.3. The number of aliphatic imine (C=N–C) groups is 1.